The van der Waals surface area contributed by atoms with Crippen LogP contribution in [0.15, 0.2) is 22.7 Å². The lowest BCUT2D eigenvalue weighted by Crippen LogP contribution is -2.08. The molecule has 0 aliphatic carbocycles. The van der Waals surface area contributed by atoms with Crippen LogP contribution in [-0.4, -0.2) is 14.9 Å². The van der Waals surface area contributed by atoms with E-state index in [9.17, 15) is 9.50 Å². The highest BCUT2D eigenvalue weighted by Gasteiger charge is 2.19. The molecule has 0 spiro atoms. The van der Waals surface area contributed by atoms with Crippen molar-refractivity contribution in [1.29, 1.82) is 0 Å². The highest BCUT2D eigenvalue weighted by atomic mass is 79.9. The van der Waals surface area contributed by atoms with Crippen LogP contribution in [0.2, 0.25) is 5.02 Å². The number of hydrogen-bond donors (Lipinski definition) is 1. The minimum Gasteiger partial charge on any atom is -0.388 e. The fourth-order valence-corrected chi connectivity index (χ4v) is 2.65. The summed E-state index contributed by atoms with van der Waals surface area (Å²) in [5.41, 5.74) is 1.83. The van der Waals surface area contributed by atoms with Crippen LogP contribution >= 0.6 is 27.5 Å². The zero-order chi connectivity index (χ0) is 14.2. The van der Waals surface area contributed by atoms with E-state index >= 15 is 0 Å². The van der Waals surface area contributed by atoms with Gasteiger partial charge in [0.25, 0.3) is 0 Å². The Labute approximate surface area is 124 Å². The second kappa shape index (κ2) is 5.61. The smallest absolute Gasteiger partial charge is 0.147 e. The number of benzene rings is 1. The lowest BCUT2D eigenvalue weighted by molar-refractivity contribution is 0.171. The topological polar surface area (TPSA) is 38.0 Å². The van der Waals surface area contributed by atoms with E-state index in [0.29, 0.717) is 0 Å². The quantitative estimate of drug-likeness (QED) is 0.922. The Kier molecular flexibility index (Phi) is 4.28. The Bertz CT molecular complexity index is 615. The molecule has 0 radical (unpaired) electrons. The Hall–Kier alpha value is -0.910. The van der Waals surface area contributed by atoms with Gasteiger partial charge in [0.1, 0.15) is 5.82 Å². The molecule has 1 atom stereocenters. The largest absolute Gasteiger partial charge is 0.388 e. The predicted octanol–water partition coefficient (Wildman–Crippen LogP) is 3.56. The SMILES string of the molecule is Cc1nn(C)c(CC(O)c2cccc(Cl)c2F)c1Br. The fraction of sp³-hybridized carbons (Fsp3) is 0.308. The number of rotatable bonds is 3. The third-order valence-electron chi connectivity index (χ3n) is 2.99. The number of aliphatic hydroxyl groups is 1. The lowest BCUT2D eigenvalue weighted by Gasteiger charge is -2.13. The molecule has 0 aliphatic heterocycles. The molecule has 1 aromatic carbocycles. The van der Waals surface area contributed by atoms with E-state index in [1.807, 2.05) is 6.92 Å². The van der Waals surface area contributed by atoms with Crippen LogP contribution in [-0.2, 0) is 13.5 Å². The number of hydrogen-bond acceptors (Lipinski definition) is 2. The zero-order valence-electron chi connectivity index (χ0n) is 10.5. The maximum Gasteiger partial charge on any atom is 0.147 e. The van der Waals surface area contributed by atoms with Crippen molar-refractivity contribution in [3.8, 4) is 0 Å². The van der Waals surface area contributed by atoms with Crippen molar-refractivity contribution in [2.24, 2.45) is 7.05 Å². The van der Waals surface area contributed by atoms with E-state index in [2.05, 4.69) is 21.0 Å². The van der Waals surface area contributed by atoms with Gasteiger partial charge in [0.05, 0.1) is 27.0 Å². The van der Waals surface area contributed by atoms with Crippen molar-refractivity contribution in [2.75, 3.05) is 0 Å². The molecule has 1 unspecified atom stereocenters. The number of aliphatic hydroxyl groups excluding tert-OH is 1. The van der Waals surface area contributed by atoms with Gasteiger partial charge in [0, 0.05) is 19.0 Å². The van der Waals surface area contributed by atoms with E-state index in [1.165, 1.54) is 12.1 Å². The standard InChI is InChI=1S/C13H13BrClFN2O/c1-7-12(14)10(18(2)17-7)6-11(19)8-4-3-5-9(15)13(8)16/h3-5,11,19H,6H2,1-2H3. The van der Waals surface area contributed by atoms with E-state index < -0.39 is 11.9 Å². The van der Waals surface area contributed by atoms with Gasteiger partial charge in [0.2, 0.25) is 0 Å². The molecule has 2 aromatic rings. The molecule has 1 heterocycles. The van der Waals surface area contributed by atoms with Crippen molar-refractivity contribution in [2.45, 2.75) is 19.4 Å². The number of halogens is 3. The van der Waals surface area contributed by atoms with Crippen molar-refractivity contribution in [1.82, 2.24) is 9.78 Å². The molecule has 1 N–H and O–H groups in total. The Morgan fingerprint density at radius 1 is 1.53 bits per heavy atom. The maximum absolute atomic E-state index is 13.8. The number of aromatic nitrogens is 2. The summed E-state index contributed by atoms with van der Waals surface area (Å²) in [5.74, 6) is -0.577. The van der Waals surface area contributed by atoms with Gasteiger partial charge in [-0.15, -0.1) is 0 Å². The second-order valence-corrected chi connectivity index (χ2v) is 5.53. The molecule has 1 aromatic heterocycles. The van der Waals surface area contributed by atoms with Crippen LogP contribution < -0.4 is 0 Å². The predicted molar refractivity (Wildman–Crippen MR) is 75.7 cm³/mol. The van der Waals surface area contributed by atoms with Crippen molar-refractivity contribution < 1.29 is 9.50 Å². The van der Waals surface area contributed by atoms with Crippen molar-refractivity contribution in [3.63, 3.8) is 0 Å². The Balaban J connectivity index is 2.31. The van der Waals surface area contributed by atoms with Crippen LogP contribution in [0.25, 0.3) is 0 Å². The van der Waals surface area contributed by atoms with Gasteiger partial charge in [-0.2, -0.15) is 5.10 Å². The maximum atomic E-state index is 13.8. The van der Waals surface area contributed by atoms with E-state index in [4.69, 9.17) is 11.6 Å². The van der Waals surface area contributed by atoms with Gasteiger partial charge in [-0.25, -0.2) is 4.39 Å². The second-order valence-electron chi connectivity index (χ2n) is 4.33. The summed E-state index contributed by atoms with van der Waals surface area (Å²) in [4.78, 5) is 0. The molecule has 102 valence electrons. The molecule has 2 rings (SSSR count). The van der Waals surface area contributed by atoms with Gasteiger partial charge >= 0.3 is 0 Å². The average molecular weight is 348 g/mol. The molecular formula is C13H13BrClFN2O. The fourth-order valence-electron chi connectivity index (χ4n) is 1.97. The van der Waals surface area contributed by atoms with Gasteiger partial charge < -0.3 is 5.11 Å². The van der Waals surface area contributed by atoms with Crippen LogP contribution in [0, 0.1) is 12.7 Å². The Morgan fingerprint density at radius 2 is 2.21 bits per heavy atom. The Morgan fingerprint density at radius 3 is 2.79 bits per heavy atom. The summed E-state index contributed by atoms with van der Waals surface area (Å²) in [7, 11) is 1.79. The van der Waals surface area contributed by atoms with Crippen molar-refractivity contribution in [3.05, 3.63) is 50.5 Å². The average Bonchev–Trinajstić information content (AvgIpc) is 2.59. The molecule has 6 heteroatoms. The minimum atomic E-state index is -0.968. The van der Waals surface area contributed by atoms with Gasteiger partial charge in [-0.1, -0.05) is 23.7 Å². The minimum absolute atomic E-state index is 0.0109. The molecule has 0 saturated heterocycles. The molecule has 0 bridgehead atoms. The van der Waals surface area contributed by atoms with Crippen molar-refractivity contribution >= 4 is 27.5 Å². The van der Waals surface area contributed by atoms with Gasteiger partial charge in [-0.3, -0.25) is 4.68 Å². The summed E-state index contributed by atoms with van der Waals surface area (Å²) < 4.78 is 16.3. The number of nitrogens with zero attached hydrogens (tertiary/aromatic N) is 2. The summed E-state index contributed by atoms with van der Waals surface area (Å²) in [6.45, 7) is 1.86. The third-order valence-corrected chi connectivity index (χ3v) is 4.31. The third kappa shape index (κ3) is 2.83. The molecule has 3 nitrogen and oxygen atoms in total. The monoisotopic (exact) mass is 346 g/mol. The molecule has 19 heavy (non-hydrogen) atoms. The lowest BCUT2D eigenvalue weighted by atomic mass is 10.0. The highest BCUT2D eigenvalue weighted by Crippen LogP contribution is 2.29. The first kappa shape index (κ1) is 14.5. The molecule has 0 saturated carbocycles. The van der Waals surface area contributed by atoms with Crippen LogP contribution in [0.4, 0.5) is 4.39 Å². The molecule has 0 fully saturated rings. The van der Waals surface area contributed by atoms with Gasteiger partial charge in [-0.05, 0) is 28.9 Å². The first-order valence-electron chi connectivity index (χ1n) is 5.71. The summed E-state index contributed by atoms with van der Waals surface area (Å²) >= 11 is 9.14. The van der Waals surface area contributed by atoms with E-state index in [1.54, 1.807) is 17.8 Å². The molecule has 0 aliphatic rings. The summed E-state index contributed by atoms with van der Waals surface area (Å²) in [6, 6.07) is 4.60. The first-order valence-corrected chi connectivity index (χ1v) is 6.89. The van der Waals surface area contributed by atoms with Crippen LogP contribution in [0.3, 0.4) is 0 Å². The highest BCUT2D eigenvalue weighted by molar-refractivity contribution is 9.10. The molecule has 0 amide bonds. The van der Waals surface area contributed by atoms with Crippen LogP contribution in [0.1, 0.15) is 23.1 Å². The van der Waals surface area contributed by atoms with E-state index in [-0.39, 0.29) is 17.0 Å². The zero-order valence-corrected chi connectivity index (χ0v) is 12.8. The van der Waals surface area contributed by atoms with Crippen LogP contribution in [0.5, 0.6) is 0 Å². The number of aryl methyl sites for hydroxylation is 2. The summed E-state index contributed by atoms with van der Waals surface area (Å²) in [6.07, 6.45) is -0.709. The normalized spacial score (nSPS) is 12.7. The first-order chi connectivity index (χ1) is 8.91. The van der Waals surface area contributed by atoms with E-state index in [0.717, 1.165) is 15.9 Å². The summed E-state index contributed by atoms with van der Waals surface area (Å²) in [5, 5.41) is 14.4. The molecular weight excluding hydrogens is 335 g/mol. The van der Waals surface area contributed by atoms with Gasteiger partial charge in [0.15, 0.2) is 0 Å².